The summed E-state index contributed by atoms with van der Waals surface area (Å²) in [4.78, 5) is 26.9. The Morgan fingerprint density at radius 2 is 1.93 bits per heavy atom. The van der Waals surface area contributed by atoms with Crippen LogP contribution in [0.3, 0.4) is 0 Å². The summed E-state index contributed by atoms with van der Waals surface area (Å²) in [6.45, 7) is 7.44. The smallest absolute Gasteiger partial charge is 0.336 e. The van der Waals surface area contributed by atoms with Crippen molar-refractivity contribution in [3.05, 3.63) is 80.7 Å². The maximum Gasteiger partial charge on any atom is 0.336 e. The van der Waals surface area contributed by atoms with Crippen LogP contribution in [0.4, 0.5) is 0 Å². The fraction of sp³-hybridized carbons (Fsp3) is 0.360. The molecule has 0 aliphatic carbocycles. The zero-order valence-corrected chi connectivity index (χ0v) is 17.9. The summed E-state index contributed by atoms with van der Waals surface area (Å²) >= 11 is 0. The molecule has 0 N–H and O–H groups in total. The van der Waals surface area contributed by atoms with Crippen molar-refractivity contribution in [1.82, 2.24) is 4.90 Å². The number of esters is 1. The van der Waals surface area contributed by atoms with E-state index in [2.05, 4.69) is 36.9 Å². The third-order valence-corrected chi connectivity index (χ3v) is 6.03. The van der Waals surface area contributed by atoms with Crippen LogP contribution in [0.5, 0.6) is 0 Å². The number of ether oxygens (including phenoxy) is 1. The SMILES string of the molecule is COC(=O)[C@H]1Cc2ccccc2CN1Cc1cc(=O)oc2cc(C)c(C(C)C)cc12. The zero-order valence-electron chi connectivity index (χ0n) is 17.9. The van der Waals surface area contributed by atoms with E-state index >= 15 is 0 Å². The van der Waals surface area contributed by atoms with Gasteiger partial charge in [0.25, 0.3) is 0 Å². The van der Waals surface area contributed by atoms with Crippen molar-refractivity contribution in [1.29, 1.82) is 0 Å². The third kappa shape index (κ3) is 3.77. The highest BCUT2D eigenvalue weighted by Gasteiger charge is 2.32. The van der Waals surface area contributed by atoms with Gasteiger partial charge in [0.15, 0.2) is 0 Å². The molecule has 5 nitrogen and oxygen atoms in total. The molecule has 1 aliphatic heterocycles. The highest BCUT2D eigenvalue weighted by atomic mass is 16.5. The molecule has 4 rings (SSSR count). The van der Waals surface area contributed by atoms with E-state index in [1.54, 1.807) is 6.07 Å². The second-order valence-electron chi connectivity index (χ2n) is 8.37. The van der Waals surface area contributed by atoms with Gasteiger partial charge < -0.3 is 9.15 Å². The molecule has 2 heterocycles. The fourth-order valence-electron chi connectivity index (χ4n) is 4.47. The van der Waals surface area contributed by atoms with Crippen LogP contribution >= 0.6 is 0 Å². The number of aryl methyl sites for hydroxylation is 1. The van der Waals surface area contributed by atoms with Gasteiger partial charge in [0.2, 0.25) is 0 Å². The van der Waals surface area contributed by atoms with Crippen LogP contribution in [0.25, 0.3) is 11.0 Å². The summed E-state index contributed by atoms with van der Waals surface area (Å²) < 4.78 is 10.6. The van der Waals surface area contributed by atoms with Gasteiger partial charge in [-0.05, 0) is 59.2 Å². The van der Waals surface area contributed by atoms with E-state index in [4.69, 9.17) is 9.15 Å². The number of carbonyl (C=O) groups excluding carboxylic acids is 1. The Morgan fingerprint density at radius 1 is 1.20 bits per heavy atom. The lowest BCUT2D eigenvalue weighted by Crippen LogP contribution is -2.45. The molecule has 1 aliphatic rings. The largest absolute Gasteiger partial charge is 0.468 e. The quantitative estimate of drug-likeness (QED) is 0.478. The number of hydrogen-bond donors (Lipinski definition) is 0. The standard InChI is InChI=1S/C25H27NO4/c1-15(2)20-12-21-19(11-24(27)30-23(21)9-16(20)3)14-26-13-18-8-6-5-7-17(18)10-22(26)25(28)29-4/h5-9,11-12,15,22H,10,13-14H2,1-4H3/t22-/m1/s1. The maximum absolute atomic E-state index is 12.6. The first-order valence-corrected chi connectivity index (χ1v) is 10.3. The van der Waals surface area contributed by atoms with Gasteiger partial charge in [0.05, 0.1) is 7.11 Å². The topological polar surface area (TPSA) is 59.8 Å². The summed E-state index contributed by atoms with van der Waals surface area (Å²) in [6, 6.07) is 13.4. The Bertz CT molecular complexity index is 1160. The zero-order chi connectivity index (χ0) is 21.4. The number of benzene rings is 2. The van der Waals surface area contributed by atoms with Gasteiger partial charge in [0.1, 0.15) is 11.6 Å². The minimum atomic E-state index is -0.387. The molecule has 0 radical (unpaired) electrons. The molecule has 156 valence electrons. The molecule has 0 unspecified atom stereocenters. The van der Waals surface area contributed by atoms with Crippen molar-refractivity contribution in [3.8, 4) is 0 Å². The number of fused-ring (bicyclic) bond motifs is 2. The summed E-state index contributed by atoms with van der Waals surface area (Å²) in [5, 5.41) is 0.923. The van der Waals surface area contributed by atoms with E-state index in [0.717, 1.165) is 16.5 Å². The van der Waals surface area contributed by atoms with Crippen molar-refractivity contribution in [3.63, 3.8) is 0 Å². The molecule has 0 saturated carbocycles. The predicted octanol–water partition coefficient (Wildman–Crippen LogP) is 4.32. The Kier molecular flexibility index (Phi) is 5.48. The number of hydrogen-bond acceptors (Lipinski definition) is 5. The van der Waals surface area contributed by atoms with E-state index in [1.165, 1.54) is 23.8 Å². The monoisotopic (exact) mass is 405 g/mol. The molecule has 0 bridgehead atoms. The van der Waals surface area contributed by atoms with Crippen LogP contribution in [-0.2, 0) is 29.0 Å². The molecule has 2 aromatic carbocycles. The Balaban J connectivity index is 1.79. The highest BCUT2D eigenvalue weighted by Crippen LogP contribution is 2.30. The summed E-state index contributed by atoms with van der Waals surface area (Å²) in [7, 11) is 1.42. The van der Waals surface area contributed by atoms with Crippen LogP contribution in [0.2, 0.25) is 0 Å². The second-order valence-corrected chi connectivity index (χ2v) is 8.37. The van der Waals surface area contributed by atoms with Crippen LogP contribution in [0, 0.1) is 6.92 Å². The van der Waals surface area contributed by atoms with Crippen LogP contribution in [0.1, 0.15) is 47.6 Å². The first-order valence-electron chi connectivity index (χ1n) is 10.3. The summed E-state index contributed by atoms with van der Waals surface area (Å²) in [6.07, 6.45) is 0.596. The molecule has 1 atom stereocenters. The van der Waals surface area contributed by atoms with E-state index in [0.29, 0.717) is 31.0 Å². The molecule has 0 fully saturated rings. The van der Waals surface area contributed by atoms with Gasteiger partial charge in [-0.25, -0.2) is 4.79 Å². The van der Waals surface area contributed by atoms with Gasteiger partial charge in [0, 0.05) is 24.5 Å². The van der Waals surface area contributed by atoms with Gasteiger partial charge >= 0.3 is 11.6 Å². The summed E-state index contributed by atoms with van der Waals surface area (Å²) in [5.74, 6) is 0.106. The van der Waals surface area contributed by atoms with Crippen LogP contribution in [-0.4, -0.2) is 24.0 Å². The van der Waals surface area contributed by atoms with Crippen LogP contribution in [0.15, 0.2) is 51.7 Å². The third-order valence-electron chi connectivity index (χ3n) is 6.03. The molecule has 1 aromatic heterocycles. The van der Waals surface area contributed by atoms with Crippen molar-refractivity contribution in [2.45, 2.75) is 52.2 Å². The Labute approximate surface area is 176 Å². The Hall–Kier alpha value is -2.92. The van der Waals surface area contributed by atoms with Gasteiger partial charge in [-0.2, -0.15) is 0 Å². The fourth-order valence-corrected chi connectivity index (χ4v) is 4.47. The van der Waals surface area contributed by atoms with Crippen molar-refractivity contribution >= 4 is 16.9 Å². The number of methoxy groups -OCH3 is 1. The molecule has 5 heteroatoms. The first kappa shape index (κ1) is 20.4. The number of rotatable bonds is 4. The minimum absolute atomic E-state index is 0.254. The molecular weight excluding hydrogens is 378 g/mol. The second kappa shape index (κ2) is 8.07. The van der Waals surface area contributed by atoms with E-state index in [9.17, 15) is 9.59 Å². The molecule has 0 amide bonds. The number of carbonyl (C=O) groups is 1. The first-order chi connectivity index (χ1) is 14.4. The predicted molar refractivity (Wildman–Crippen MR) is 117 cm³/mol. The van der Waals surface area contributed by atoms with E-state index in [-0.39, 0.29) is 17.6 Å². The van der Waals surface area contributed by atoms with Gasteiger partial charge in [-0.15, -0.1) is 0 Å². The Morgan fingerprint density at radius 3 is 2.63 bits per heavy atom. The maximum atomic E-state index is 12.6. The minimum Gasteiger partial charge on any atom is -0.468 e. The normalized spacial score (nSPS) is 16.6. The van der Waals surface area contributed by atoms with E-state index in [1.807, 2.05) is 25.1 Å². The van der Waals surface area contributed by atoms with Gasteiger partial charge in [-0.1, -0.05) is 38.1 Å². The lowest BCUT2D eigenvalue weighted by molar-refractivity contribution is -0.147. The van der Waals surface area contributed by atoms with E-state index < -0.39 is 0 Å². The van der Waals surface area contributed by atoms with Gasteiger partial charge in [-0.3, -0.25) is 9.69 Å². The van der Waals surface area contributed by atoms with Crippen LogP contribution < -0.4 is 5.63 Å². The average molecular weight is 405 g/mol. The molecular formula is C25H27NO4. The highest BCUT2D eigenvalue weighted by molar-refractivity contribution is 5.82. The lowest BCUT2D eigenvalue weighted by atomic mass is 9.92. The molecule has 0 saturated heterocycles. The summed E-state index contributed by atoms with van der Waals surface area (Å²) in [5.41, 5.74) is 5.79. The molecule has 3 aromatic rings. The molecule has 0 spiro atoms. The van der Waals surface area contributed by atoms with Crippen molar-refractivity contribution in [2.24, 2.45) is 0 Å². The van der Waals surface area contributed by atoms with Crippen molar-refractivity contribution < 1.29 is 13.9 Å². The number of nitrogens with zero attached hydrogens (tertiary/aromatic N) is 1. The van der Waals surface area contributed by atoms with Crippen molar-refractivity contribution in [2.75, 3.05) is 7.11 Å². The molecule has 30 heavy (non-hydrogen) atoms. The average Bonchev–Trinajstić information content (AvgIpc) is 2.71. The lowest BCUT2D eigenvalue weighted by Gasteiger charge is -2.35.